The highest BCUT2D eigenvalue weighted by atomic mass is 32.2. The second kappa shape index (κ2) is 7.35. The predicted octanol–water partition coefficient (Wildman–Crippen LogP) is 3.96. The molecule has 0 aliphatic heterocycles. The first-order valence-corrected chi connectivity index (χ1v) is 8.02. The molecule has 1 aliphatic carbocycles. The number of nitrogens with one attached hydrogen (secondary N) is 1. The zero-order chi connectivity index (χ0) is 14.4. The van der Waals surface area contributed by atoms with E-state index in [9.17, 15) is 4.79 Å². The number of rotatable bonds is 4. The van der Waals surface area contributed by atoms with Crippen LogP contribution in [0.2, 0.25) is 0 Å². The molecule has 0 radical (unpaired) electrons. The highest BCUT2D eigenvalue weighted by molar-refractivity contribution is 8.03. The second-order valence-electron chi connectivity index (χ2n) is 5.29. The maximum atomic E-state index is 12.3. The van der Waals surface area contributed by atoms with Crippen LogP contribution in [0.4, 0.5) is 0 Å². The first-order chi connectivity index (χ1) is 9.74. The Hall–Kier alpha value is -1.47. The summed E-state index contributed by atoms with van der Waals surface area (Å²) >= 11 is 1.04. The van der Waals surface area contributed by atoms with Crippen molar-refractivity contribution >= 4 is 17.7 Å². The van der Waals surface area contributed by atoms with Crippen LogP contribution in [0.5, 0.6) is 0 Å². The van der Waals surface area contributed by atoms with E-state index in [2.05, 4.69) is 12.2 Å². The Kier molecular flexibility index (Phi) is 5.49. The fourth-order valence-corrected chi connectivity index (χ4v) is 3.29. The third-order valence-corrected chi connectivity index (χ3v) is 4.71. The van der Waals surface area contributed by atoms with Gasteiger partial charge >= 0.3 is 0 Å². The summed E-state index contributed by atoms with van der Waals surface area (Å²) in [5, 5.41) is 13.9. The Morgan fingerprint density at radius 2 is 2.05 bits per heavy atom. The van der Waals surface area contributed by atoms with Crippen molar-refractivity contribution in [3.8, 4) is 5.40 Å². The van der Waals surface area contributed by atoms with Crippen molar-refractivity contribution in [1.82, 2.24) is 5.32 Å². The molecule has 106 valence electrons. The molecule has 20 heavy (non-hydrogen) atoms. The summed E-state index contributed by atoms with van der Waals surface area (Å²) in [7, 11) is 0. The average molecular weight is 288 g/mol. The van der Waals surface area contributed by atoms with Gasteiger partial charge in [0.15, 0.2) is 0 Å². The third kappa shape index (κ3) is 3.77. The van der Waals surface area contributed by atoms with Gasteiger partial charge in [0.25, 0.3) is 5.91 Å². The lowest BCUT2D eigenvalue weighted by molar-refractivity contribution is 0.0918. The molecule has 2 rings (SSSR count). The molecule has 0 heterocycles. The largest absolute Gasteiger partial charge is 0.349 e. The second-order valence-corrected chi connectivity index (χ2v) is 6.12. The van der Waals surface area contributed by atoms with E-state index in [0.29, 0.717) is 5.56 Å². The van der Waals surface area contributed by atoms with Gasteiger partial charge in [-0.15, -0.1) is 0 Å². The van der Waals surface area contributed by atoms with E-state index in [1.165, 1.54) is 19.3 Å². The number of carbonyl (C=O) groups excluding carboxylic acids is 1. The van der Waals surface area contributed by atoms with Crippen molar-refractivity contribution in [2.75, 3.05) is 0 Å². The molecule has 4 heteroatoms. The average Bonchev–Trinajstić information content (AvgIpc) is 2.49. The Labute approximate surface area is 124 Å². The topological polar surface area (TPSA) is 52.9 Å². The van der Waals surface area contributed by atoms with E-state index in [4.69, 9.17) is 5.26 Å². The summed E-state index contributed by atoms with van der Waals surface area (Å²) in [5.74, 6) is 0.771. The maximum Gasteiger partial charge on any atom is 0.252 e. The van der Waals surface area contributed by atoms with Gasteiger partial charge in [0, 0.05) is 10.9 Å². The van der Waals surface area contributed by atoms with Crippen molar-refractivity contribution in [2.24, 2.45) is 5.92 Å². The van der Waals surface area contributed by atoms with Crippen molar-refractivity contribution < 1.29 is 4.79 Å². The maximum absolute atomic E-state index is 12.3. The molecule has 0 aromatic heterocycles. The molecule has 0 spiro atoms. The number of benzene rings is 1. The lowest BCUT2D eigenvalue weighted by Gasteiger charge is -2.28. The predicted molar refractivity (Wildman–Crippen MR) is 81.4 cm³/mol. The minimum Gasteiger partial charge on any atom is -0.349 e. The number of thioether (sulfide) groups is 1. The molecule has 1 amide bonds. The lowest BCUT2D eigenvalue weighted by atomic mass is 9.84. The van der Waals surface area contributed by atoms with E-state index < -0.39 is 0 Å². The molecule has 1 N–H and O–H groups in total. The molecule has 3 nitrogen and oxygen atoms in total. The van der Waals surface area contributed by atoms with Crippen molar-refractivity contribution in [1.29, 1.82) is 5.26 Å². The smallest absolute Gasteiger partial charge is 0.252 e. The van der Waals surface area contributed by atoms with E-state index in [-0.39, 0.29) is 11.9 Å². The Bertz CT molecular complexity index is 501. The zero-order valence-corrected chi connectivity index (χ0v) is 12.6. The summed E-state index contributed by atoms with van der Waals surface area (Å²) in [6, 6.07) is 7.57. The highest BCUT2D eigenvalue weighted by Gasteiger charge is 2.22. The van der Waals surface area contributed by atoms with Gasteiger partial charge in [-0.05, 0) is 55.5 Å². The van der Waals surface area contributed by atoms with Gasteiger partial charge in [-0.1, -0.05) is 25.5 Å². The van der Waals surface area contributed by atoms with Crippen LogP contribution in [0, 0.1) is 16.6 Å². The van der Waals surface area contributed by atoms with Crippen LogP contribution in [-0.2, 0) is 0 Å². The first-order valence-electron chi connectivity index (χ1n) is 7.20. The van der Waals surface area contributed by atoms with E-state index in [0.717, 1.165) is 35.4 Å². The van der Waals surface area contributed by atoms with Crippen molar-refractivity contribution in [3.05, 3.63) is 29.8 Å². The first kappa shape index (κ1) is 14.9. The quantitative estimate of drug-likeness (QED) is 0.674. The third-order valence-electron chi connectivity index (χ3n) is 4.05. The van der Waals surface area contributed by atoms with E-state index >= 15 is 0 Å². The van der Waals surface area contributed by atoms with Crippen LogP contribution in [0.25, 0.3) is 0 Å². The number of amides is 1. The molecular weight excluding hydrogens is 268 g/mol. The lowest BCUT2D eigenvalue weighted by Crippen LogP contribution is -2.37. The van der Waals surface area contributed by atoms with Gasteiger partial charge in [-0.2, -0.15) is 5.26 Å². The summed E-state index contributed by atoms with van der Waals surface area (Å²) in [6.45, 7) is 2.24. The fraction of sp³-hybridized carbons (Fsp3) is 0.500. The Balaban J connectivity index is 1.97. The monoisotopic (exact) mass is 288 g/mol. The molecule has 0 bridgehead atoms. The van der Waals surface area contributed by atoms with E-state index in [1.807, 2.05) is 23.6 Å². The van der Waals surface area contributed by atoms with Gasteiger partial charge in [0.2, 0.25) is 0 Å². The summed E-state index contributed by atoms with van der Waals surface area (Å²) in [4.78, 5) is 13.1. The molecule has 1 fully saturated rings. The summed E-state index contributed by atoms with van der Waals surface area (Å²) < 4.78 is 0. The zero-order valence-electron chi connectivity index (χ0n) is 11.8. The SMILES string of the molecule is CCC1CCC(NC(=O)c2ccccc2SC#N)CC1. The van der Waals surface area contributed by atoms with Crippen LogP contribution in [0.3, 0.4) is 0 Å². The molecule has 1 aliphatic rings. The van der Waals surface area contributed by atoms with Gasteiger partial charge in [0.05, 0.1) is 5.56 Å². The standard InChI is InChI=1S/C16H20N2OS/c1-2-12-7-9-13(10-8-12)18-16(19)14-5-3-4-6-15(14)20-11-17/h3-6,12-13H,2,7-10H2,1H3,(H,18,19). The van der Waals surface area contributed by atoms with Crippen LogP contribution in [0.15, 0.2) is 29.2 Å². The van der Waals surface area contributed by atoms with Gasteiger partial charge in [-0.3, -0.25) is 4.79 Å². The van der Waals surface area contributed by atoms with Crippen molar-refractivity contribution in [3.63, 3.8) is 0 Å². The van der Waals surface area contributed by atoms with Crippen LogP contribution < -0.4 is 5.32 Å². The molecule has 0 saturated heterocycles. The Morgan fingerprint density at radius 1 is 1.35 bits per heavy atom. The minimum absolute atomic E-state index is 0.0525. The van der Waals surface area contributed by atoms with Crippen LogP contribution >= 0.6 is 11.8 Å². The molecular formula is C16H20N2OS. The number of nitriles is 1. The van der Waals surface area contributed by atoms with Crippen molar-refractivity contribution in [2.45, 2.75) is 50.0 Å². The molecule has 0 unspecified atom stereocenters. The molecule has 1 saturated carbocycles. The molecule has 1 aromatic rings. The number of hydrogen-bond donors (Lipinski definition) is 1. The minimum atomic E-state index is -0.0525. The number of thiocyanates is 1. The number of carbonyl (C=O) groups is 1. The molecule has 1 aromatic carbocycles. The van der Waals surface area contributed by atoms with Gasteiger partial charge in [0.1, 0.15) is 5.40 Å². The number of hydrogen-bond acceptors (Lipinski definition) is 3. The van der Waals surface area contributed by atoms with Gasteiger partial charge < -0.3 is 5.32 Å². The summed E-state index contributed by atoms with van der Waals surface area (Å²) in [6.07, 6.45) is 5.78. The van der Waals surface area contributed by atoms with E-state index in [1.54, 1.807) is 6.07 Å². The Morgan fingerprint density at radius 3 is 2.70 bits per heavy atom. The van der Waals surface area contributed by atoms with Crippen LogP contribution in [-0.4, -0.2) is 11.9 Å². The number of nitrogens with zero attached hydrogens (tertiary/aromatic N) is 1. The normalized spacial score (nSPS) is 22.0. The van der Waals surface area contributed by atoms with Crippen LogP contribution in [0.1, 0.15) is 49.4 Å². The highest BCUT2D eigenvalue weighted by Crippen LogP contribution is 2.27. The summed E-state index contributed by atoms with van der Waals surface area (Å²) in [5.41, 5.74) is 0.608. The van der Waals surface area contributed by atoms with Gasteiger partial charge in [-0.25, -0.2) is 0 Å². The fourth-order valence-electron chi connectivity index (χ4n) is 2.77. The molecule has 0 atom stereocenters.